The molecular weight excluding hydrogens is 223 g/mol. The number of carbonyl (C=O) groups is 1. The minimum Gasteiger partial charge on any atom is -0.481 e. The molecule has 0 amide bonds. The molecule has 1 aliphatic heterocycles. The van der Waals surface area contributed by atoms with Gasteiger partial charge in [-0.25, -0.2) is 4.39 Å². The molecule has 1 fully saturated rings. The van der Waals surface area contributed by atoms with Crippen LogP contribution in [0.1, 0.15) is 30.7 Å². The van der Waals surface area contributed by atoms with Crippen molar-refractivity contribution < 1.29 is 19.0 Å². The Morgan fingerprint density at radius 1 is 1.35 bits per heavy atom. The first-order valence-corrected chi connectivity index (χ1v) is 5.78. The Balaban J connectivity index is 2.21. The molecule has 2 atom stereocenters. The Kier molecular flexibility index (Phi) is 3.74. The number of aliphatic carboxylic acids is 1. The maximum absolute atomic E-state index is 12.8. The van der Waals surface area contributed by atoms with Gasteiger partial charge in [0.25, 0.3) is 0 Å². The molecule has 1 heterocycles. The van der Waals surface area contributed by atoms with Crippen molar-refractivity contribution in [3.8, 4) is 0 Å². The molecule has 1 aromatic carbocycles. The Bertz CT molecular complexity index is 382. The summed E-state index contributed by atoms with van der Waals surface area (Å²) in [5, 5.41) is 9.27. The molecule has 4 heteroatoms. The van der Waals surface area contributed by atoms with Gasteiger partial charge in [-0.2, -0.15) is 0 Å². The molecule has 2 unspecified atom stereocenters. The van der Waals surface area contributed by atoms with E-state index in [1.165, 1.54) is 24.3 Å². The predicted molar refractivity (Wildman–Crippen MR) is 60.4 cm³/mol. The number of hydrogen-bond acceptors (Lipinski definition) is 2. The van der Waals surface area contributed by atoms with Crippen molar-refractivity contribution in [1.29, 1.82) is 0 Å². The third-order valence-corrected chi connectivity index (χ3v) is 3.08. The van der Waals surface area contributed by atoms with E-state index >= 15 is 0 Å². The fourth-order valence-electron chi connectivity index (χ4n) is 2.21. The maximum atomic E-state index is 12.8. The lowest BCUT2D eigenvalue weighted by Gasteiger charge is -2.28. The molecule has 1 N–H and O–H groups in total. The summed E-state index contributed by atoms with van der Waals surface area (Å²) in [6, 6.07) is 5.61. The quantitative estimate of drug-likeness (QED) is 0.880. The Morgan fingerprint density at radius 2 is 2.06 bits per heavy atom. The smallest absolute Gasteiger partial charge is 0.313 e. The van der Waals surface area contributed by atoms with E-state index in [2.05, 4.69) is 0 Å². The topological polar surface area (TPSA) is 46.5 Å². The molecule has 0 saturated carbocycles. The van der Waals surface area contributed by atoms with Crippen LogP contribution in [-0.2, 0) is 9.53 Å². The number of benzene rings is 1. The summed E-state index contributed by atoms with van der Waals surface area (Å²) in [4.78, 5) is 11.3. The third-order valence-electron chi connectivity index (χ3n) is 3.08. The van der Waals surface area contributed by atoms with Gasteiger partial charge in [0.15, 0.2) is 0 Å². The summed E-state index contributed by atoms with van der Waals surface area (Å²) in [5.74, 6) is -1.97. The number of halogens is 1. The molecule has 1 saturated heterocycles. The van der Waals surface area contributed by atoms with E-state index in [9.17, 15) is 14.3 Å². The van der Waals surface area contributed by atoms with Gasteiger partial charge in [-0.05, 0) is 37.0 Å². The highest BCUT2D eigenvalue weighted by molar-refractivity contribution is 5.76. The second-order valence-corrected chi connectivity index (χ2v) is 4.27. The van der Waals surface area contributed by atoms with E-state index in [1.54, 1.807) is 0 Å². The van der Waals surface area contributed by atoms with Gasteiger partial charge in [0.1, 0.15) is 11.7 Å². The first kappa shape index (κ1) is 12.0. The van der Waals surface area contributed by atoms with Crippen LogP contribution in [0.2, 0.25) is 0 Å². The average Bonchev–Trinajstić information content (AvgIpc) is 2.33. The van der Waals surface area contributed by atoms with E-state index in [-0.39, 0.29) is 11.9 Å². The number of carboxylic acids is 1. The molecule has 0 aliphatic carbocycles. The van der Waals surface area contributed by atoms with Crippen LogP contribution in [0.3, 0.4) is 0 Å². The monoisotopic (exact) mass is 238 g/mol. The first-order valence-electron chi connectivity index (χ1n) is 5.78. The maximum Gasteiger partial charge on any atom is 0.313 e. The highest BCUT2D eigenvalue weighted by Gasteiger charge is 2.31. The zero-order valence-corrected chi connectivity index (χ0v) is 9.43. The van der Waals surface area contributed by atoms with Crippen molar-refractivity contribution in [2.24, 2.45) is 0 Å². The van der Waals surface area contributed by atoms with Crippen molar-refractivity contribution >= 4 is 5.97 Å². The Labute approximate surface area is 99.2 Å². The van der Waals surface area contributed by atoms with Crippen LogP contribution in [0.4, 0.5) is 4.39 Å². The van der Waals surface area contributed by atoms with Crippen molar-refractivity contribution in [1.82, 2.24) is 0 Å². The van der Waals surface area contributed by atoms with Crippen LogP contribution >= 0.6 is 0 Å². The number of rotatable bonds is 3. The Hall–Kier alpha value is -1.42. The van der Waals surface area contributed by atoms with Crippen molar-refractivity contribution in [2.45, 2.75) is 31.3 Å². The lowest BCUT2D eigenvalue weighted by molar-refractivity contribution is -0.144. The lowest BCUT2D eigenvalue weighted by Crippen LogP contribution is -2.31. The van der Waals surface area contributed by atoms with Crippen LogP contribution in [0.25, 0.3) is 0 Å². The molecule has 0 bridgehead atoms. The molecule has 0 radical (unpaired) electrons. The van der Waals surface area contributed by atoms with Crippen molar-refractivity contribution in [3.05, 3.63) is 35.6 Å². The van der Waals surface area contributed by atoms with E-state index in [4.69, 9.17) is 4.74 Å². The van der Waals surface area contributed by atoms with Crippen LogP contribution in [-0.4, -0.2) is 23.8 Å². The first-order chi connectivity index (χ1) is 8.18. The zero-order valence-electron chi connectivity index (χ0n) is 9.43. The van der Waals surface area contributed by atoms with Gasteiger partial charge < -0.3 is 9.84 Å². The molecule has 3 nitrogen and oxygen atoms in total. The Morgan fingerprint density at radius 3 is 2.59 bits per heavy atom. The second kappa shape index (κ2) is 5.27. The minimum absolute atomic E-state index is 0.299. The van der Waals surface area contributed by atoms with Crippen molar-refractivity contribution in [3.63, 3.8) is 0 Å². The average molecular weight is 238 g/mol. The standard InChI is InChI=1S/C13H15FO3/c14-10-6-4-9(5-7-10)12(13(15)16)11-3-1-2-8-17-11/h4-7,11-12H,1-3,8H2,(H,15,16). The molecule has 2 rings (SSSR count). The predicted octanol–water partition coefficient (Wildman–Crippen LogP) is 2.56. The van der Waals surface area contributed by atoms with Gasteiger partial charge in [-0.15, -0.1) is 0 Å². The molecular formula is C13H15FO3. The van der Waals surface area contributed by atoms with E-state index < -0.39 is 11.9 Å². The largest absolute Gasteiger partial charge is 0.481 e. The number of hydrogen-bond donors (Lipinski definition) is 1. The zero-order chi connectivity index (χ0) is 12.3. The van der Waals surface area contributed by atoms with Gasteiger partial charge in [-0.1, -0.05) is 12.1 Å². The summed E-state index contributed by atoms with van der Waals surface area (Å²) in [6.45, 7) is 0.607. The lowest BCUT2D eigenvalue weighted by atomic mass is 9.89. The third kappa shape index (κ3) is 2.82. The molecule has 0 aromatic heterocycles. The molecule has 1 aromatic rings. The minimum atomic E-state index is -0.913. The highest BCUT2D eigenvalue weighted by atomic mass is 19.1. The van der Waals surface area contributed by atoms with E-state index in [0.717, 1.165) is 19.3 Å². The number of ether oxygens (including phenoxy) is 1. The fourth-order valence-corrected chi connectivity index (χ4v) is 2.21. The molecule has 0 spiro atoms. The van der Waals surface area contributed by atoms with Gasteiger partial charge in [0.2, 0.25) is 0 Å². The SMILES string of the molecule is O=C(O)C(c1ccc(F)cc1)C1CCCCO1. The fraction of sp³-hybridized carbons (Fsp3) is 0.462. The van der Waals surface area contributed by atoms with E-state index in [0.29, 0.717) is 12.2 Å². The van der Waals surface area contributed by atoms with Crippen LogP contribution in [0.5, 0.6) is 0 Å². The second-order valence-electron chi connectivity index (χ2n) is 4.27. The molecule has 1 aliphatic rings. The van der Waals surface area contributed by atoms with E-state index in [1.807, 2.05) is 0 Å². The van der Waals surface area contributed by atoms with Gasteiger partial charge in [0, 0.05) is 6.61 Å². The summed E-state index contributed by atoms with van der Waals surface area (Å²) >= 11 is 0. The summed E-state index contributed by atoms with van der Waals surface area (Å²) in [5.41, 5.74) is 0.603. The van der Waals surface area contributed by atoms with Crippen LogP contribution in [0, 0.1) is 5.82 Å². The van der Waals surface area contributed by atoms with Gasteiger partial charge in [0.05, 0.1) is 6.10 Å². The summed E-state index contributed by atoms with van der Waals surface area (Å²) in [7, 11) is 0. The van der Waals surface area contributed by atoms with Gasteiger partial charge >= 0.3 is 5.97 Å². The van der Waals surface area contributed by atoms with Crippen LogP contribution in [0.15, 0.2) is 24.3 Å². The van der Waals surface area contributed by atoms with Crippen LogP contribution < -0.4 is 0 Å². The highest BCUT2D eigenvalue weighted by Crippen LogP contribution is 2.28. The summed E-state index contributed by atoms with van der Waals surface area (Å²) < 4.78 is 18.3. The number of carboxylic acid groups (broad SMARTS) is 1. The summed E-state index contributed by atoms with van der Waals surface area (Å²) in [6.07, 6.45) is 2.41. The van der Waals surface area contributed by atoms with Crippen molar-refractivity contribution in [2.75, 3.05) is 6.61 Å². The molecule has 92 valence electrons. The normalized spacial score (nSPS) is 22.1. The molecule has 17 heavy (non-hydrogen) atoms. The van der Waals surface area contributed by atoms with Gasteiger partial charge in [-0.3, -0.25) is 4.79 Å².